The highest BCUT2D eigenvalue weighted by Crippen LogP contribution is 2.49. The van der Waals surface area contributed by atoms with Crippen molar-refractivity contribution in [1.82, 2.24) is 0 Å². The number of ether oxygens (including phenoxy) is 2. The lowest BCUT2D eigenvalue weighted by molar-refractivity contribution is -0.340. The van der Waals surface area contributed by atoms with Gasteiger partial charge in [-0.1, -0.05) is 6.58 Å². The summed E-state index contributed by atoms with van der Waals surface area (Å²) in [5, 5.41) is 8.88. The summed E-state index contributed by atoms with van der Waals surface area (Å²) in [6, 6.07) is 0. The van der Waals surface area contributed by atoms with Crippen LogP contribution in [0, 0.1) is 0 Å². The monoisotopic (exact) mass is 388 g/mol. The summed E-state index contributed by atoms with van der Waals surface area (Å²) >= 11 is 0. The second-order valence-corrected chi connectivity index (χ2v) is 5.02. The molecule has 0 heterocycles. The molecule has 0 fully saturated rings. The van der Waals surface area contributed by atoms with Gasteiger partial charge >= 0.3 is 30.2 Å². The number of alkyl halides is 8. The highest BCUT2D eigenvalue weighted by molar-refractivity contribution is 5.87. The normalized spacial score (nSPS) is 14.5. The minimum Gasteiger partial charge on any atom is -0.454 e. The van der Waals surface area contributed by atoms with E-state index in [-0.39, 0.29) is 5.57 Å². The SMILES string of the molecule is C=C(C)C(=O)OC(CO)COCCC(F)(F)C(F)(F)C(F)(F)C(F)F. The summed E-state index contributed by atoms with van der Waals surface area (Å²) in [6.45, 7) is 1.71. The maximum absolute atomic E-state index is 13.2. The fourth-order valence-corrected chi connectivity index (χ4v) is 1.33. The van der Waals surface area contributed by atoms with E-state index in [1.807, 2.05) is 0 Å². The lowest BCUT2D eigenvalue weighted by Gasteiger charge is -2.32. The minimum absolute atomic E-state index is 0.0566. The summed E-state index contributed by atoms with van der Waals surface area (Å²) in [6.07, 6.45) is -8.34. The van der Waals surface area contributed by atoms with Gasteiger partial charge < -0.3 is 14.6 Å². The van der Waals surface area contributed by atoms with Crippen molar-refractivity contribution in [2.45, 2.75) is 43.6 Å². The molecular weight excluding hydrogens is 372 g/mol. The first-order valence-corrected chi connectivity index (χ1v) is 6.67. The molecule has 0 rings (SSSR count). The maximum atomic E-state index is 13.2. The van der Waals surface area contributed by atoms with Crippen LogP contribution >= 0.6 is 0 Å². The van der Waals surface area contributed by atoms with Crippen LogP contribution in [0.4, 0.5) is 35.1 Å². The summed E-state index contributed by atoms with van der Waals surface area (Å²) in [4.78, 5) is 11.1. The van der Waals surface area contributed by atoms with Crippen molar-refractivity contribution in [3.63, 3.8) is 0 Å². The van der Waals surface area contributed by atoms with E-state index in [2.05, 4.69) is 16.1 Å². The first-order chi connectivity index (χ1) is 11.2. The van der Waals surface area contributed by atoms with E-state index in [9.17, 15) is 39.9 Å². The van der Waals surface area contributed by atoms with Crippen LogP contribution in [0.5, 0.6) is 0 Å². The van der Waals surface area contributed by atoms with Crippen LogP contribution in [0.15, 0.2) is 12.2 Å². The number of hydrogen-bond donors (Lipinski definition) is 1. The third-order valence-corrected chi connectivity index (χ3v) is 2.84. The molecule has 0 saturated carbocycles. The Morgan fingerprint density at radius 3 is 2.08 bits per heavy atom. The Hall–Kier alpha value is -1.43. The van der Waals surface area contributed by atoms with E-state index in [0.717, 1.165) is 0 Å². The molecule has 1 N–H and O–H groups in total. The third-order valence-electron chi connectivity index (χ3n) is 2.84. The highest BCUT2D eigenvalue weighted by atomic mass is 19.4. The average Bonchev–Trinajstić information content (AvgIpc) is 2.49. The summed E-state index contributed by atoms with van der Waals surface area (Å²) in [5.74, 6) is -19.0. The fourth-order valence-electron chi connectivity index (χ4n) is 1.33. The maximum Gasteiger partial charge on any atom is 0.377 e. The van der Waals surface area contributed by atoms with E-state index >= 15 is 0 Å². The number of carbonyl (C=O) groups is 1. The third kappa shape index (κ3) is 5.80. The Morgan fingerprint density at radius 1 is 1.16 bits per heavy atom. The van der Waals surface area contributed by atoms with Crippen LogP contribution < -0.4 is 0 Å². The molecule has 148 valence electrons. The van der Waals surface area contributed by atoms with Crippen molar-refractivity contribution >= 4 is 5.97 Å². The average molecular weight is 388 g/mol. The first-order valence-electron chi connectivity index (χ1n) is 6.67. The number of aliphatic hydroxyl groups is 1. The predicted molar refractivity (Wildman–Crippen MR) is 68.1 cm³/mol. The molecule has 0 aromatic heterocycles. The zero-order valence-electron chi connectivity index (χ0n) is 12.9. The van der Waals surface area contributed by atoms with Crippen molar-refractivity contribution < 1.29 is 54.5 Å². The van der Waals surface area contributed by atoms with E-state index in [4.69, 9.17) is 5.11 Å². The number of aliphatic hydroxyl groups excluding tert-OH is 1. The molecule has 0 saturated heterocycles. The molecule has 0 aliphatic heterocycles. The Balaban J connectivity index is 4.65. The van der Waals surface area contributed by atoms with Gasteiger partial charge in [-0.3, -0.25) is 0 Å². The molecule has 0 amide bonds. The summed E-state index contributed by atoms with van der Waals surface area (Å²) in [5.41, 5.74) is -0.0566. The lowest BCUT2D eigenvalue weighted by atomic mass is 10.0. The van der Waals surface area contributed by atoms with Crippen LogP contribution in [-0.2, 0) is 14.3 Å². The number of halogens is 8. The molecule has 0 radical (unpaired) electrons. The van der Waals surface area contributed by atoms with Crippen molar-refractivity contribution in [3.05, 3.63) is 12.2 Å². The van der Waals surface area contributed by atoms with Crippen molar-refractivity contribution in [1.29, 1.82) is 0 Å². The zero-order valence-corrected chi connectivity index (χ0v) is 12.9. The van der Waals surface area contributed by atoms with Crippen molar-refractivity contribution in [2.75, 3.05) is 19.8 Å². The van der Waals surface area contributed by atoms with Gasteiger partial charge in [-0.05, 0) is 6.92 Å². The van der Waals surface area contributed by atoms with Crippen LogP contribution in [0.1, 0.15) is 13.3 Å². The van der Waals surface area contributed by atoms with Gasteiger partial charge in [0.15, 0.2) is 0 Å². The van der Waals surface area contributed by atoms with Gasteiger partial charge in [-0.15, -0.1) is 0 Å². The molecule has 1 atom stereocenters. The summed E-state index contributed by atoms with van der Waals surface area (Å²) in [7, 11) is 0. The topological polar surface area (TPSA) is 55.8 Å². The standard InChI is InChI=1S/C13H16F8O4/c1-7(2)9(23)25-8(5-22)6-24-4-3-11(16,17)13(20,21)12(18,19)10(14)15/h8,10,22H,1,3-6H2,2H3. The molecule has 0 aliphatic carbocycles. The zero-order chi connectivity index (χ0) is 20.1. The Bertz CT molecular complexity index is 467. The molecule has 25 heavy (non-hydrogen) atoms. The molecule has 12 heteroatoms. The van der Waals surface area contributed by atoms with Gasteiger partial charge in [0.1, 0.15) is 6.10 Å². The molecule has 0 aromatic carbocycles. The van der Waals surface area contributed by atoms with Crippen molar-refractivity contribution in [2.24, 2.45) is 0 Å². The molecule has 0 spiro atoms. The van der Waals surface area contributed by atoms with E-state index in [1.165, 1.54) is 6.92 Å². The van der Waals surface area contributed by atoms with Gasteiger partial charge in [0.2, 0.25) is 0 Å². The second-order valence-electron chi connectivity index (χ2n) is 5.02. The van der Waals surface area contributed by atoms with Gasteiger partial charge in [-0.25, -0.2) is 13.6 Å². The second kappa shape index (κ2) is 8.79. The first kappa shape index (κ1) is 23.6. The smallest absolute Gasteiger partial charge is 0.377 e. The predicted octanol–water partition coefficient (Wildman–Crippen LogP) is 3.04. The van der Waals surface area contributed by atoms with Crippen LogP contribution in [-0.4, -0.2) is 61.2 Å². The van der Waals surface area contributed by atoms with Crippen LogP contribution in [0.25, 0.3) is 0 Å². The van der Waals surface area contributed by atoms with Gasteiger partial charge in [0.25, 0.3) is 0 Å². The fraction of sp³-hybridized carbons (Fsp3) is 0.769. The van der Waals surface area contributed by atoms with Crippen LogP contribution in [0.3, 0.4) is 0 Å². The molecule has 0 bridgehead atoms. The Morgan fingerprint density at radius 2 is 1.68 bits per heavy atom. The number of hydrogen-bond acceptors (Lipinski definition) is 4. The molecule has 1 unspecified atom stereocenters. The number of rotatable bonds is 11. The lowest BCUT2D eigenvalue weighted by Crippen LogP contribution is -2.57. The van der Waals surface area contributed by atoms with Gasteiger partial charge in [0, 0.05) is 12.0 Å². The van der Waals surface area contributed by atoms with E-state index in [0.29, 0.717) is 0 Å². The quantitative estimate of drug-likeness (QED) is 0.256. The Kier molecular flexibility index (Phi) is 8.28. The van der Waals surface area contributed by atoms with Crippen molar-refractivity contribution in [3.8, 4) is 0 Å². The van der Waals surface area contributed by atoms with E-state index in [1.54, 1.807) is 0 Å². The number of esters is 1. The molecule has 0 aromatic rings. The summed E-state index contributed by atoms with van der Waals surface area (Å²) < 4.78 is 110. The van der Waals surface area contributed by atoms with Gasteiger partial charge in [-0.2, -0.15) is 26.3 Å². The number of carbonyl (C=O) groups excluding carboxylic acids is 1. The molecule has 4 nitrogen and oxygen atoms in total. The highest BCUT2D eigenvalue weighted by Gasteiger charge is 2.74. The molecular formula is C13H16F8O4. The van der Waals surface area contributed by atoms with E-state index < -0.39 is 62.5 Å². The Labute approximate surface area is 137 Å². The molecule has 0 aliphatic rings. The largest absolute Gasteiger partial charge is 0.454 e. The minimum atomic E-state index is -6.31. The van der Waals surface area contributed by atoms with Crippen LogP contribution in [0.2, 0.25) is 0 Å². The van der Waals surface area contributed by atoms with Gasteiger partial charge in [0.05, 0.1) is 19.8 Å².